The molecule has 1 saturated heterocycles. The lowest BCUT2D eigenvalue weighted by Crippen LogP contribution is -3.11. The number of carbonyl (C=O) groups excluding carboxylic acids is 2. The van der Waals surface area contributed by atoms with Crippen molar-refractivity contribution in [1.82, 2.24) is 4.90 Å². The number of anilines is 1. The number of fused-ring (bicyclic) bond motifs is 1. The van der Waals surface area contributed by atoms with Gasteiger partial charge in [0.05, 0.1) is 13.1 Å². The topological polar surface area (TPSA) is 72.3 Å². The molecule has 0 aliphatic carbocycles. The second-order valence-electron chi connectivity index (χ2n) is 8.35. The van der Waals surface area contributed by atoms with Gasteiger partial charge in [0.15, 0.2) is 18.0 Å². The first-order chi connectivity index (χ1) is 15.0. The standard InChI is InChI=1S/C24H29N3O4/c1-17-5-8-19(9-6-17)25-23(28)15-26(2)24(29)16-27-11-3-4-20(27)18-7-10-21-22(14-18)31-13-12-30-21/h5-10,14,20H,3-4,11-13,15-16H2,1-2H3,(H,25,28)/p+1/t20-/m1/s1. The summed E-state index contributed by atoms with van der Waals surface area (Å²) in [6.45, 7) is 4.48. The second-order valence-corrected chi connectivity index (χ2v) is 8.35. The molecule has 2 atom stereocenters. The minimum absolute atomic E-state index is 0.0292. The Morgan fingerprint density at radius 2 is 1.84 bits per heavy atom. The lowest BCUT2D eigenvalue weighted by atomic mass is 10.0. The molecule has 7 nitrogen and oxygen atoms in total. The molecule has 0 aromatic heterocycles. The molecule has 1 fully saturated rings. The predicted molar refractivity (Wildman–Crippen MR) is 118 cm³/mol. The molecule has 0 saturated carbocycles. The van der Waals surface area contributed by atoms with Crippen molar-refractivity contribution in [3.63, 3.8) is 0 Å². The van der Waals surface area contributed by atoms with Gasteiger partial charge in [-0.3, -0.25) is 9.59 Å². The molecule has 31 heavy (non-hydrogen) atoms. The van der Waals surface area contributed by atoms with E-state index < -0.39 is 0 Å². The number of rotatable bonds is 6. The Kier molecular flexibility index (Phi) is 6.42. The van der Waals surface area contributed by atoms with Crippen LogP contribution in [0.4, 0.5) is 5.69 Å². The van der Waals surface area contributed by atoms with Crippen LogP contribution in [0.15, 0.2) is 42.5 Å². The quantitative estimate of drug-likeness (QED) is 0.739. The molecule has 2 aliphatic rings. The normalized spacial score (nSPS) is 19.7. The number of nitrogens with one attached hydrogen (secondary N) is 2. The van der Waals surface area contributed by atoms with Crippen molar-refractivity contribution in [2.24, 2.45) is 0 Å². The van der Waals surface area contributed by atoms with Crippen molar-refractivity contribution in [2.45, 2.75) is 25.8 Å². The van der Waals surface area contributed by atoms with Crippen molar-refractivity contribution in [3.8, 4) is 11.5 Å². The Morgan fingerprint density at radius 1 is 1.10 bits per heavy atom. The molecule has 2 N–H and O–H groups in total. The zero-order chi connectivity index (χ0) is 21.8. The summed E-state index contributed by atoms with van der Waals surface area (Å²) in [5.41, 5.74) is 3.04. The highest BCUT2D eigenvalue weighted by Crippen LogP contribution is 2.33. The Labute approximate surface area is 182 Å². The number of amides is 2. The van der Waals surface area contributed by atoms with Crippen LogP contribution in [-0.2, 0) is 9.59 Å². The average Bonchev–Trinajstić information content (AvgIpc) is 3.23. The molecule has 2 amide bonds. The van der Waals surface area contributed by atoms with Crippen molar-refractivity contribution in [3.05, 3.63) is 53.6 Å². The minimum Gasteiger partial charge on any atom is -0.486 e. The smallest absolute Gasteiger partial charge is 0.277 e. The lowest BCUT2D eigenvalue weighted by Gasteiger charge is -2.25. The molecular formula is C24H30N3O4+. The van der Waals surface area contributed by atoms with Crippen LogP contribution in [0.25, 0.3) is 0 Å². The van der Waals surface area contributed by atoms with Gasteiger partial charge in [-0.15, -0.1) is 0 Å². The van der Waals surface area contributed by atoms with Crippen molar-refractivity contribution >= 4 is 17.5 Å². The molecule has 7 heteroatoms. The molecule has 1 unspecified atom stereocenters. The summed E-state index contributed by atoms with van der Waals surface area (Å²) >= 11 is 0. The number of hydrogen-bond acceptors (Lipinski definition) is 4. The molecule has 2 aromatic rings. The molecule has 2 aliphatic heterocycles. The van der Waals surface area contributed by atoms with E-state index in [1.165, 1.54) is 15.4 Å². The monoisotopic (exact) mass is 424 g/mol. The van der Waals surface area contributed by atoms with E-state index in [0.29, 0.717) is 19.8 Å². The van der Waals surface area contributed by atoms with Crippen molar-refractivity contribution in [1.29, 1.82) is 0 Å². The van der Waals surface area contributed by atoms with E-state index >= 15 is 0 Å². The van der Waals surface area contributed by atoms with Crippen LogP contribution in [0.5, 0.6) is 11.5 Å². The maximum atomic E-state index is 12.8. The highest BCUT2D eigenvalue weighted by atomic mass is 16.6. The average molecular weight is 425 g/mol. The number of aryl methyl sites for hydroxylation is 1. The van der Waals surface area contributed by atoms with Gasteiger partial charge in [-0.1, -0.05) is 17.7 Å². The maximum Gasteiger partial charge on any atom is 0.277 e. The van der Waals surface area contributed by atoms with Crippen LogP contribution in [0.1, 0.15) is 30.0 Å². The van der Waals surface area contributed by atoms with E-state index in [2.05, 4.69) is 11.4 Å². The zero-order valence-corrected chi connectivity index (χ0v) is 18.1. The first-order valence-corrected chi connectivity index (χ1v) is 10.8. The molecule has 0 spiro atoms. The zero-order valence-electron chi connectivity index (χ0n) is 18.1. The van der Waals surface area contributed by atoms with Crippen molar-refractivity contribution in [2.75, 3.05) is 45.2 Å². The Bertz CT molecular complexity index is 944. The Balaban J connectivity index is 1.33. The SMILES string of the molecule is Cc1ccc(NC(=O)CN(C)C(=O)C[NH+]2CCC[C@@H]2c2ccc3c(c2)OCCO3)cc1. The number of likely N-dealkylation sites (tertiary alicyclic amines) is 1. The maximum absolute atomic E-state index is 12.8. The van der Waals surface area contributed by atoms with Gasteiger partial charge < -0.3 is 24.6 Å². The molecule has 2 heterocycles. The first kappa shape index (κ1) is 21.2. The van der Waals surface area contributed by atoms with Gasteiger partial charge in [-0.25, -0.2) is 0 Å². The molecule has 4 rings (SSSR count). The van der Waals surface area contributed by atoms with E-state index in [9.17, 15) is 9.59 Å². The summed E-state index contributed by atoms with van der Waals surface area (Å²) in [6.07, 6.45) is 2.10. The van der Waals surface area contributed by atoms with Crippen LogP contribution in [0, 0.1) is 6.92 Å². The summed E-state index contributed by atoms with van der Waals surface area (Å²) in [4.78, 5) is 27.9. The summed E-state index contributed by atoms with van der Waals surface area (Å²) in [5.74, 6) is 1.34. The van der Waals surface area contributed by atoms with Crippen LogP contribution in [-0.4, -0.2) is 56.6 Å². The summed E-state index contributed by atoms with van der Waals surface area (Å²) in [7, 11) is 1.69. The molecular weight excluding hydrogens is 394 g/mol. The van der Waals surface area contributed by atoms with Crippen LogP contribution < -0.4 is 19.7 Å². The third-order valence-electron chi connectivity index (χ3n) is 5.97. The molecule has 2 aromatic carbocycles. The van der Waals surface area contributed by atoms with E-state index in [1.807, 2.05) is 43.3 Å². The highest BCUT2D eigenvalue weighted by molar-refractivity contribution is 5.94. The van der Waals surface area contributed by atoms with E-state index in [0.717, 1.165) is 42.1 Å². The van der Waals surface area contributed by atoms with Crippen LogP contribution in [0.3, 0.4) is 0 Å². The number of quaternary nitrogens is 1. The first-order valence-electron chi connectivity index (χ1n) is 10.8. The number of benzene rings is 2. The Hall–Kier alpha value is -3.06. The number of hydrogen-bond donors (Lipinski definition) is 2. The fourth-order valence-corrected chi connectivity index (χ4v) is 4.27. The second kappa shape index (κ2) is 9.39. The van der Waals surface area contributed by atoms with E-state index in [1.54, 1.807) is 7.05 Å². The molecule has 0 radical (unpaired) electrons. The number of likely N-dealkylation sites (N-methyl/N-ethyl adjacent to an activating group) is 1. The van der Waals surface area contributed by atoms with Gasteiger partial charge in [0.1, 0.15) is 19.3 Å². The fourth-order valence-electron chi connectivity index (χ4n) is 4.27. The highest BCUT2D eigenvalue weighted by Gasteiger charge is 2.33. The third kappa shape index (κ3) is 5.17. The van der Waals surface area contributed by atoms with Crippen molar-refractivity contribution < 1.29 is 24.0 Å². The van der Waals surface area contributed by atoms with E-state index in [-0.39, 0.29) is 24.4 Å². The van der Waals surface area contributed by atoms with Gasteiger partial charge in [0.25, 0.3) is 5.91 Å². The summed E-state index contributed by atoms with van der Waals surface area (Å²) in [6, 6.07) is 13.9. The third-order valence-corrected chi connectivity index (χ3v) is 5.97. The Morgan fingerprint density at radius 3 is 2.61 bits per heavy atom. The largest absolute Gasteiger partial charge is 0.486 e. The van der Waals surface area contributed by atoms with Gasteiger partial charge in [0.2, 0.25) is 5.91 Å². The lowest BCUT2D eigenvalue weighted by molar-refractivity contribution is -0.910. The van der Waals surface area contributed by atoms with Gasteiger partial charge in [-0.2, -0.15) is 0 Å². The molecule has 164 valence electrons. The summed E-state index contributed by atoms with van der Waals surface area (Å²) < 4.78 is 11.3. The van der Waals surface area contributed by atoms with Gasteiger partial charge in [0, 0.05) is 31.1 Å². The molecule has 0 bridgehead atoms. The number of carbonyl (C=O) groups is 2. The van der Waals surface area contributed by atoms with Crippen LogP contribution >= 0.6 is 0 Å². The predicted octanol–water partition coefficient (Wildman–Crippen LogP) is 1.58. The van der Waals surface area contributed by atoms with Crippen LogP contribution in [0.2, 0.25) is 0 Å². The number of nitrogens with zero attached hydrogens (tertiary/aromatic N) is 1. The number of ether oxygens (including phenoxy) is 2. The minimum atomic E-state index is -0.195. The van der Waals surface area contributed by atoms with Gasteiger partial charge >= 0.3 is 0 Å². The summed E-state index contributed by atoms with van der Waals surface area (Å²) in [5, 5.41) is 2.85. The van der Waals surface area contributed by atoms with Gasteiger partial charge in [-0.05, 0) is 37.3 Å². The van der Waals surface area contributed by atoms with E-state index in [4.69, 9.17) is 9.47 Å². The fraction of sp³-hybridized carbons (Fsp3) is 0.417.